The van der Waals surface area contributed by atoms with Crippen LogP contribution in [-0.2, 0) is 14.4 Å². The molecule has 2 saturated carbocycles. The molecule has 1 heterocycles. The number of anilines is 1. The number of hydrogen-bond acceptors (Lipinski definition) is 7. The lowest BCUT2D eigenvalue weighted by atomic mass is 9.60. The van der Waals surface area contributed by atoms with E-state index in [4.69, 9.17) is 9.57 Å². The number of aliphatic hydroxyl groups is 2. The number of ether oxygens (including phenoxy) is 1. The van der Waals surface area contributed by atoms with Crippen molar-refractivity contribution in [2.75, 3.05) is 11.5 Å². The third kappa shape index (κ3) is 4.51. The van der Waals surface area contributed by atoms with E-state index in [9.17, 15) is 19.8 Å². The lowest BCUT2D eigenvalue weighted by Gasteiger charge is -2.45. The van der Waals surface area contributed by atoms with Gasteiger partial charge in [0.2, 0.25) is 11.8 Å². The van der Waals surface area contributed by atoms with Gasteiger partial charge in [0, 0.05) is 24.3 Å². The Balaban J connectivity index is 1.42. The highest BCUT2D eigenvalue weighted by Gasteiger charge is 2.60. The van der Waals surface area contributed by atoms with Crippen LogP contribution in [0, 0.1) is 29.6 Å². The fourth-order valence-electron chi connectivity index (χ4n) is 5.81. The van der Waals surface area contributed by atoms with Crippen LogP contribution < -0.4 is 9.64 Å². The Bertz CT molecular complexity index is 1150. The molecule has 36 heavy (non-hydrogen) atoms. The molecule has 190 valence electrons. The Morgan fingerprint density at radius 2 is 1.69 bits per heavy atom. The lowest BCUT2D eigenvalue weighted by Crippen LogP contribution is -2.54. The van der Waals surface area contributed by atoms with Gasteiger partial charge in [-0.3, -0.25) is 9.59 Å². The van der Waals surface area contributed by atoms with E-state index >= 15 is 0 Å². The van der Waals surface area contributed by atoms with Crippen molar-refractivity contribution in [2.24, 2.45) is 34.7 Å². The molecule has 0 spiro atoms. The molecule has 0 radical (unpaired) electrons. The highest BCUT2D eigenvalue weighted by molar-refractivity contribution is 6.22. The molecular weight excluding hydrogens is 460 g/mol. The fraction of sp³-hybridized carbons (Fsp3) is 0.464. The van der Waals surface area contributed by atoms with Gasteiger partial charge in [-0.2, -0.15) is 0 Å². The van der Waals surface area contributed by atoms with Crippen LogP contribution in [0.5, 0.6) is 11.5 Å². The minimum absolute atomic E-state index is 0.197. The molecule has 0 bridgehead atoms. The number of carbonyl (C=O) groups excluding carboxylic acids is 2. The summed E-state index contributed by atoms with van der Waals surface area (Å²) in [5.41, 5.74) is 1.10. The Kier molecular flexibility index (Phi) is 6.81. The molecule has 2 amide bonds. The van der Waals surface area contributed by atoms with Gasteiger partial charge in [-0.05, 0) is 43.0 Å². The van der Waals surface area contributed by atoms with Crippen molar-refractivity contribution in [2.45, 2.75) is 45.3 Å². The third-order valence-electron chi connectivity index (χ3n) is 7.42. The maximum Gasteiger partial charge on any atom is 0.238 e. The van der Waals surface area contributed by atoms with E-state index in [1.54, 1.807) is 24.3 Å². The molecule has 8 nitrogen and oxygen atoms in total. The van der Waals surface area contributed by atoms with Crippen molar-refractivity contribution in [3.63, 3.8) is 0 Å². The van der Waals surface area contributed by atoms with Gasteiger partial charge in [-0.1, -0.05) is 43.3 Å². The van der Waals surface area contributed by atoms with Crippen LogP contribution in [0.3, 0.4) is 0 Å². The van der Waals surface area contributed by atoms with E-state index in [0.717, 1.165) is 0 Å². The molecular formula is C28H32N2O6. The van der Waals surface area contributed by atoms with E-state index in [1.807, 2.05) is 44.2 Å². The number of aliphatic hydroxyl groups excluding tert-OH is 2. The van der Waals surface area contributed by atoms with Gasteiger partial charge in [0.15, 0.2) is 0 Å². The van der Waals surface area contributed by atoms with Crippen LogP contribution in [0.2, 0.25) is 0 Å². The van der Waals surface area contributed by atoms with E-state index in [-0.39, 0.29) is 24.2 Å². The van der Waals surface area contributed by atoms with Crippen LogP contribution in [0.25, 0.3) is 0 Å². The van der Waals surface area contributed by atoms with Crippen LogP contribution in [-0.4, -0.2) is 46.6 Å². The highest BCUT2D eigenvalue weighted by atomic mass is 16.6. The summed E-state index contributed by atoms with van der Waals surface area (Å²) in [7, 11) is 0. The molecule has 6 atom stereocenters. The topological polar surface area (TPSA) is 109 Å². The predicted molar refractivity (Wildman–Crippen MR) is 134 cm³/mol. The summed E-state index contributed by atoms with van der Waals surface area (Å²) in [4.78, 5) is 33.9. The van der Waals surface area contributed by atoms with Gasteiger partial charge >= 0.3 is 0 Å². The van der Waals surface area contributed by atoms with Gasteiger partial charge in [-0.25, -0.2) is 4.90 Å². The van der Waals surface area contributed by atoms with Crippen molar-refractivity contribution < 1.29 is 29.4 Å². The minimum atomic E-state index is -1.11. The van der Waals surface area contributed by atoms with Crippen LogP contribution in [0.15, 0.2) is 59.8 Å². The summed E-state index contributed by atoms with van der Waals surface area (Å²) in [6.07, 6.45) is -0.868. The minimum Gasteiger partial charge on any atom is -0.457 e. The highest BCUT2D eigenvalue weighted by Crippen LogP contribution is 2.50. The standard InChI is InChI=1S/C28H32N2O6/c1-16(2)15-35-29-22-14-23(31)26(32)24-20(22)11-12-21-25(24)28(34)30(27(21)33)17-7-6-10-19(13-17)36-18-8-4-3-5-9-18/h3-10,13,16,20-21,23-26,31-32H,11-12,14-15H2,1-2H3/t20-,21+,23+,24-,25+,26+/m0/s1. The second-order valence-electron chi connectivity index (χ2n) is 10.4. The Hall–Kier alpha value is -3.23. The number of fused-ring (bicyclic) bond motifs is 3. The first-order chi connectivity index (χ1) is 17.3. The number of oxime groups is 1. The molecule has 2 aromatic rings. The molecule has 0 aromatic heterocycles. The van der Waals surface area contributed by atoms with E-state index < -0.39 is 30.0 Å². The summed E-state index contributed by atoms with van der Waals surface area (Å²) in [5, 5.41) is 25.9. The number of hydrogen-bond donors (Lipinski definition) is 2. The monoisotopic (exact) mass is 492 g/mol. The van der Waals surface area contributed by atoms with Gasteiger partial charge in [-0.15, -0.1) is 0 Å². The summed E-state index contributed by atoms with van der Waals surface area (Å²) < 4.78 is 5.90. The number of amides is 2. The lowest BCUT2D eigenvalue weighted by molar-refractivity contribution is -0.132. The van der Waals surface area contributed by atoms with Crippen LogP contribution in [0.4, 0.5) is 5.69 Å². The summed E-state index contributed by atoms with van der Waals surface area (Å²) in [5.74, 6) is -1.27. The number of benzene rings is 2. The molecule has 2 aliphatic carbocycles. The van der Waals surface area contributed by atoms with E-state index in [0.29, 0.717) is 48.3 Å². The maximum atomic E-state index is 13.7. The number of nitrogens with zero attached hydrogens (tertiary/aromatic N) is 2. The van der Waals surface area contributed by atoms with Crippen molar-refractivity contribution in [3.8, 4) is 11.5 Å². The van der Waals surface area contributed by atoms with Crippen molar-refractivity contribution >= 4 is 23.2 Å². The maximum absolute atomic E-state index is 13.7. The van der Waals surface area contributed by atoms with Crippen LogP contribution in [0.1, 0.15) is 33.1 Å². The summed E-state index contributed by atoms with van der Waals surface area (Å²) >= 11 is 0. The number of carbonyl (C=O) groups is 2. The first-order valence-corrected chi connectivity index (χ1v) is 12.6. The number of rotatable bonds is 6. The van der Waals surface area contributed by atoms with Gasteiger partial charge in [0.1, 0.15) is 18.1 Å². The molecule has 8 heteroatoms. The normalized spacial score (nSPS) is 30.9. The second kappa shape index (κ2) is 10.0. The predicted octanol–water partition coefficient (Wildman–Crippen LogP) is 3.76. The largest absolute Gasteiger partial charge is 0.457 e. The molecule has 2 aromatic carbocycles. The van der Waals surface area contributed by atoms with Gasteiger partial charge in [0.25, 0.3) is 0 Å². The average Bonchev–Trinajstić information content (AvgIpc) is 3.12. The third-order valence-corrected chi connectivity index (χ3v) is 7.42. The molecule has 0 unspecified atom stereocenters. The Morgan fingerprint density at radius 1 is 0.972 bits per heavy atom. The first kappa shape index (κ1) is 24.5. The smallest absolute Gasteiger partial charge is 0.238 e. The van der Waals surface area contributed by atoms with Crippen LogP contribution >= 0.6 is 0 Å². The molecule has 1 saturated heterocycles. The van der Waals surface area contributed by atoms with Crippen molar-refractivity contribution in [1.29, 1.82) is 0 Å². The van der Waals surface area contributed by atoms with Crippen molar-refractivity contribution in [3.05, 3.63) is 54.6 Å². The van der Waals surface area contributed by atoms with Gasteiger partial charge < -0.3 is 19.8 Å². The number of para-hydroxylation sites is 1. The van der Waals surface area contributed by atoms with E-state index in [1.165, 1.54) is 4.90 Å². The Labute approximate surface area is 210 Å². The molecule has 2 N–H and O–H groups in total. The SMILES string of the molecule is CC(C)CON=C1C[C@@H](O)[C@@H](O)[C@@H]2[C@@H]3C(=O)N(c4cccc(Oc5ccccc5)c4)C(=O)[C@@H]3CC[C@@H]12. The van der Waals surface area contributed by atoms with E-state index in [2.05, 4.69) is 5.16 Å². The molecule has 3 aliphatic rings. The fourth-order valence-corrected chi connectivity index (χ4v) is 5.81. The van der Waals surface area contributed by atoms with Gasteiger partial charge in [0.05, 0.1) is 35.4 Å². The van der Waals surface area contributed by atoms with Crippen molar-refractivity contribution in [1.82, 2.24) is 0 Å². The zero-order valence-corrected chi connectivity index (χ0v) is 20.5. The molecule has 1 aliphatic heterocycles. The zero-order chi connectivity index (χ0) is 25.4. The number of imide groups is 1. The summed E-state index contributed by atoms with van der Waals surface area (Å²) in [6, 6.07) is 16.2. The Morgan fingerprint density at radius 3 is 2.44 bits per heavy atom. The quantitative estimate of drug-likeness (QED) is 0.470. The molecule has 3 fully saturated rings. The zero-order valence-electron chi connectivity index (χ0n) is 20.5. The molecule has 5 rings (SSSR count). The summed E-state index contributed by atoms with van der Waals surface area (Å²) in [6.45, 7) is 4.48. The second-order valence-corrected chi connectivity index (χ2v) is 10.4. The average molecular weight is 493 g/mol. The first-order valence-electron chi connectivity index (χ1n) is 12.6.